The molecule has 1 unspecified atom stereocenters. The molecule has 5 heteroatoms. The van der Waals surface area contributed by atoms with Crippen LogP contribution in [0, 0.1) is 19.8 Å². The van der Waals surface area contributed by atoms with E-state index in [1.807, 2.05) is 64.1 Å². The molecule has 0 aliphatic heterocycles. The second-order valence-electron chi connectivity index (χ2n) is 6.85. The van der Waals surface area contributed by atoms with Crippen molar-refractivity contribution in [2.45, 2.75) is 46.7 Å². The van der Waals surface area contributed by atoms with Gasteiger partial charge in [0.2, 0.25) is 0 Å². The third-order valence-corrected chi connectivity index (χ3v) is 4.31. The average Bonchev–Trinajstić information content (AvgIpc) is 2.83. The fraction of sp³-hybridized carbons (Fsp3) is 0.400. The summed E-state index contributed by atoms with van der Waals surface area (Å²) in [5.74, 6) is -1.15. The zero-order valence-corrected chi connectivity index (χ0v) is 15.2. The molecule has 0 aliphatic carbocycles. The number of carbonyl (C=O) groups excluding carboxylic acids is 1. The molecule has 1 aromatic heterocycles. The SMILES string of the molecule is Cc1cc(C(=O)NC(CC(C)C)C(=O)O)c(C)n1Cc1ccccc1. The van der Waals surface area contributed by atoms with E-state index in [4.69, 9.17) is 0 Å². The largest absolute Gasteiger partial charge is 0.480 e. The summed E-state index contributed by atoms with van der Waals surface area (Å²) < 4.78 is 2.07. The molecule has 0 spiro atoms. The highest BCUT2D eigenvalue weighted by Crippen LogP contribution is 2.18. The first-order valence-electron chi connectivity index (χ1n) is 8.54. The van der Waals surface area contributed by atoms with Crippen LogP contribution in [0.3, 0.4) is 0 Å². The van der Waals surface area contributed by atoms with Crippen molar-refractivity contribution in [1.82, 2.24) is 9.88 Å². The van der Waals surface area contributed by atoms with Crippen molar-refractivity contribution in [1.29, 1.82) is 0 Å². The summed E-state index contributed by atoms with van der Waals surface area (Å²) in [5.41, 5.74) is 3.50. The van der Waals surface area contributed by atoms with Gasteiger partial charge < -0.3 is 15.0 Å². The number of nitrogens with one attached hydrogen (secondary N) is 1. The van der Waals surface area contributed by atoms with Gasteiger partial charge in [0, 0.05) is 17.9 Å². The lowest BCUT2D eigenvalue weighted by Gasteiger charge is -2.16. The van der Waals surface area contributed by atoms with Crippen LogP contribution in [-0.4, -0.2) is 27.6 Å². The van der Waals surface area contributed by atoms with Crippen LogP contribution in [0.15, 0.2) is 36.4 Å². The molecule has 0 radical (unpaired) electrons. The van der Waals surface area contributed by atoms with Gasteiger partial charge in [0.15, 0.2) is 0 Å². The fourth-order valence-electron chi connectivity index (χ4n) is 2.97. The smallest absolute Gasteiger partial charge is 0.326 e. The molecule has 134 valence electrons. The van der Waals surface area contributed by atoms with Crippen LogP contribution in [0.25, 0.3) is 0 Å². The fourth-order valence-corrected chi connectivity index (χ4v) is 2.97. The molecule has 5 nitrogen and oxygen atoms in total. The maximum absolute atomic E-state index is 12.6. The van der Waals surface area contributed by atoms with Crippen molar-refractivity contribution in [3.05, 3.63) is 58.9 Å². The summed E-state index contributed by atoms with van der Waals surface area (Å²) in [6, 6.07) is 11.0. The normalized spacial score (nSPS) is 12.2. The zero-order valence-electron chi connectivity index (χ0n) is 15.2. The first-order chi connectivity index (χ1) is 11.8. The molecule has 1 aromatic carbocycles. The maximum atomic E-state index is 12.6. The van der Waals surface area contributed by atoms with Gasteiger partial charge in [-0.05, 0) is 37.8 Å². The average molecular weight is 342 g/mol. The zero-order chi connectivity index (χ0) is 18.6. The van der Waals surface area contributed by atoms with Crippen LogP contribution >= 0.6 is 0 Å². The molecule has 1 atom stereocenters. The van der Waals surface area contributed by atoms with Crippen molar-refractivity contribution in [3.63, 3.8) is 0 Å². The minimum absolute atomic E-state index is 0.187. The lowest BCUT2D eigenvalue weighted by molar-refractivity contribution is -0.139. The summed E-state index contributed by atoms with van der Waals surface area (Å²) in [7, 11) is 0. The predicted octanol–water partition coefficient (Wildman–Crippen LogP) is 3.38. The number of carbonyl (C=O) groups is 2. The molecule has 0 fully saturated rings. The second kappa shape index (κ2) is 8.01. The number of nitrogens with zero attached hydrogens (tertiary/aromatic N) is 1. The van der Waals surface area contributed by atoms with Crippen molar-refractivity contribution in [2.75, 3.05) is 0 Å². The van der Waals surface area contributed by atoms with Gasteiger partial charge in [-0.3, -0.25) is 4.79 Å². The number of carboxylic acid groups (broad SMARTS) is 1. The quantitative estimate of drug-likeness (QED) is 0.810. The highest BCUT2D eigenvalue weighted by atomic mass is 16.4. The third kappa shape index (κ3) is 4.72. The standard InChI is InChI=1S/C20H26N2O3/c1-13(2)10-18(20(24)25)21-19(23)17-11-14(3)22(15(17)4)12-16-8-6-5-7-9-16/h5-9,11,13,18H,10,12H2,1-4H3,(H,21,23)(H,24,25). The first kappa shape index (κ1) is 18.8. The van der Waals surface area contributed by atoms with Crippen LogP contribution in [0.1, 0.15) is 47.6 Å². The topological polar surface area (TPSA) is 71.3 Å². The monoisotopic (exact) mass is 342 g/mol. The van der Waals surface area contributed by atoms with Crippen LogP contribution < -0.4 is 5.32 Å². The molecule has 0 saturated heterocycles. The molecule has 0 aliphatic rings. The number of hydrogen-bond acceptors (Lipinski definition) is 2. The third-order valence-electron chi connectivity index (χ3n) is 4.31. The van der Waals surface area contributed by atoms with Gasteiger partial charge in [-0.15, -0.1) is 0 Å². The summed E-state index contributed by atoms with van der Waals surface area (Å²) in [5, 5.41) is 12.0. The highest BCUT2D eigenvalue weighted by molar-refractivity contribution is 5.97. The molecule has 1 amide bonds. The van der Waals surface area contributed by atoms with Gasteiger partial charge in [-0.1, -0.05) is 44.2 Å². The summed E-state index contributed by atoms with van der Waals surface area (Å²) >= 11 is 0. The van der Waals surface area contributed by atoms with E-state index in [2.05, 4.69) is 9.88 Å². The summed E-state index contributed by atoms with van der Waals surface area (Å²) in [6.07, 6.45) is 0.407. The van der Waals surface area contributed by atoms with Gasteiger partial charge in [-0.2, -0.15) is 0 Å². The molecular weight excluding hydrogens is 316 g/mol. The molecular formula is C20H26N2O3. The Morgan fingerprint density at radius 3 is 2.36 bits per heavy atom. The summed E-state index contributed by atoms with van der Waals surface area (Å²) in [6.45, 7) is 8.40. The van der Waals surface area contributed by atoms with Gasteiger partial charge in [0.05, 0.1) is 5.56 Å². The Labute approximate surface area is 148 Å². The number of aryl methyl sites for hydroxylation is 1. The lowest BCUT2D eigenvalue weighted by atomic mass is 10.0. The molecule has 0 saturated carbocycles. The molecule has 2 rings (SSSR count). The van der Waals surface area contributed by atoms with Crippen LogP contribution in [0.4, 0.5) is 0 Å². The molecule has 1 heterocycles. The van der Waals surface area contributed by atoms with E-state index in [-0.39, 0.29) is 11.8 Å². The van der Waals surface area contributed by atoms with E-state index >= 15 is 0 Å². The minimum atomic E-state index is -1.000. The van der Waals surface area contributed by atoms with Gasteiger partial charge in [0.1, 0.15) is 6.04 Å². The van der Waals surface area contributed by atoms with Crippen LogP contribution in [0.2, 0.25) is 0 Å². The maximum Gasteiger partial charge on any atom is 0.326 e. The van der Waals surface area contributed by atoms with Crippen LogP contribution in [-0.2, 0) is 11.3 Å². The Bertz CT molecular complexity index is 748. The Morgan fingerprint density at radius 1 is 1.16 bits per heavy atom. The number of amides is 1. The van der Waals surface area contributed by atoms with E-state index < -0.39 is 12.0 Å². The van der Waals surface area contributed by atoms with Gasteiger partial charge in [-0.25, -0.2) is 4.79 Å². The number of hydrogen-bond donors (Lipinski definition) is 2. The van der Waals surface area contributed by atoms with Crippen LogP contribution in [0.5, 0.6) is 0 Å². The van der Waals surface area contributed by atoms with Crippen molar-refractivity contribution in [2.24, 2.45) is 5.92 Å². The number of rotatable bonds is 7. The van der Waals surface area contributed by atoms with E-state index in [9.17, 15) is 14.7 Å². The Morgan fingerprint density at radius 2 is 1.80 bits per heavy atom. The summed E-state index contributed by atoms with van der Waals surface area (Å²) in [4.78, 5) is 24.0. The number of carboxylic acids is 1. The van der Waals surface area contributed by atoms with E-state index in [0.717, 1.165) is 17.0 Å². The van der Waals surface area contributed by atoms with Gasteiger partial charge >= 0.3 is 5.97 Å². The molecule has 0 bridgehead atoms. The number of aliphatic carboxylic acids is 1. The predicted molar refractivity (Wildman–Crippen MR) is 97.8 cm³/mol. The highest BCUT2D eigenvalue weighted by Gasteiger charge is 2.24. The molecule has 25 heavy (non-hydrogen) atoms. The lowest BCUT2D eigenvalue weighted by Crippen LogP contribution is -2.41. The number of benzene rings is 1. The first-order valence-corrected chi connectivity index (χ1v) is 8.54. The minimum Gasteiger partial charge on any atom is -0.480 e. The van der Waals surface area contributed by atoms with Crippen molar-refractivity contribution in [3.8, 4) is 0 Å². The van der Waals surface area contributed by atoms with E-state index in [1.165, 1.54) is 0 Å². The Hall–Kier alpha value is -2.56. The van der Waals surface area contributed by atoms with E-state index in [1.54, 1.807) is 0 Å². The number of aromatic nitrogens is 1. The Balaban J connectivity index is 2.20. The van der Waals surface area contributed by atoms with Gasteiger partial charge in [0.25, 0.3) is 5.91 Å². The Kier molecular flexibility index (Phi) is 6.02. The van der Waals surface area contributed by atoms with Crippen molar-refractivity contribution < 1.29 is 14.7 Å². The van der Waals surface area contributed by atoms with Crippen molar-refractivity contribution >= 4 is 11.9 Å². The second-order valence-corrected chi connectivity index (χ2v) is 6.85. The molecule has 2 aromatic rings. The molecule has 2 N–H and O–H groups in total. The van der Waals surface area contributed by atoms with E-state index in [0.29, 0.717) is 18.5 Å².